The van der Waals surface area contributed by atoms with E-state index in [4.69, 9.17) is 10.5 Å². The molecule has 1 aliphatic heterocycles. The molecule has 1 unspecified atom stereocenters. The lowest BCUT2D eigenvalue weighted by atomic mass is 9.75. The van der Waals surface area contributed by atoms with Crippen molar-refractivity contribution in [3.05, 3.63) is 35.4 Å². The Morgan fingerprint density at radius 3 is 2.38 bits per heavy atom. The van der Waals surface area contributed by atoms with Gasteiger partial charge in [0, 0.05) is 12.5 Å². The summed E-state index contributed by atoms with van der Waals surface area (Å²) in [6.45, 7) is 2.26. The largest absolute Gasteiger partial charge is 0.469 e. The second-order valence-electron chi connectivity index (χ2n) is 8.11. The number of piperidine rings is 1. The SMILES string of the molecule is COC(=O)CCC1CCC(C(N)c2ccc(C3CCNCC3)cc2)CC1. The van der Waals surface area contributed by atoms with Gasteiger partial charge in [0.05, 0.1) is 7.11 Å². The smallest absolute Gasteiger partial charge is 0.305 e. The fourth-order valence-corrected chi connectivity index (χ4v) is 4.68. The Kier molecular flexibility index (Phi) is 7.09. The van der Waals surface area contributed by atoms with Crippen molar-refractivity contribution < 1.29 is 9.53 Å². The maximum atomic E-state index is 11.3. The van der Waals surface area contributed by atoms with E-state index in [-0.39, 0.29) is 12.0 Å². The molecule has 2 fully saturated rings. The van der Waals surface area contributed by atoms with Crippen molar-refractivity contribution in [3.8, 4) is 0 Å². The van der Waals surface area contributed by atoms with E-state index in [2.05, 4.69) is 29.6 Å². The predicted octanol–water partition coefficient (Wildman–Crippen LogP) is 3.91. The second kappa shape index (κ2) is 9.52. The van der Waals surface area contributed by atoms with Crippen LogP contribution >= 0.6 is 0 Å². The summed E-state index contributed by atoms with van der Waals surface area (Å²) in [4.78, 5) is 11.3. The van der Waals surface area contributed by atoms with E-state index in [0.29, 0.717) is 24.2 Å². The Balaban J connectivity index is 1.48. The van der Waals surface area contributed by atoms with Gasteiger partial charge in [-0.3, -0.25) is 4.79 Å². The first-order valence-electron chi connectivity index (χ1n) is 10.3. The van der Waals surface area contributed by atoms with Crippen LogP contribution in [-0.2, 0) is 9.53 Å². The number of nitrogens with one attached hydrogen (secondary N) is 1. The van der Waals surface area contributed by atoms with Crippen LogP contribution < -0.4 is 11.1 Å². The molecule has 4 heteroatoms. The van der Waals surface area contributed by atoms with Gasteiger partial charge in [-0.15, -0.1) is 0 Å². The van der Waals surface area contributed by atoms with Gasteiger partial charge >= 0.3 is 5.97 Å². The Morgan fingerprint density at radius 1 is 1.12 bits per heavy atom. The highest BCUT2D eigenvalue weighted by atomic mass is 16.5. The number of methoxy groups -OCH3 is 1. The number of benzene rings is 1. The van der Waals surface area contributed by atoms with Crippen LogP contribution in [0.1, 0.15) is 74.5 Å². The number of hydrogen-bond acceptors (Lipinski definition) is 4. The van der Waals surface area contributed by atoms with Crippen molar-refractivity contribution in [2.75, 3.05) is 20.2 Å². The molecule has 0 radical (unpaired) electrons. The maximum absolute atomic E-state index is 11.3. The third-order valence-corrected chi connectivity index (χ3v) is 6.52. The number of carbonyl (C=O) groups is 1. The molecular weight excluding hydrogens is 324 g/mol. The Bertz CT molecular complexity index is 558. The normalized spacial score (nSPS) is 25.6. The minimum absolute atomic E-state index is 0.0855. The van der Waals surface area contributed by atoms with Gasteiger partial charge in [-0.1, -0.05) is 37.1 Å². The average molecular weight is 359 g/mol. The van der Waals surface area contributed by atoms with E-state index in [9.17, 15) is 4.79 Å². The lowest BCUT2D eigenvalue weighted by Gasteiger charge is -2.32. The summed E-state index contributed by atoms with van der Waals surface area (Å²) in [6.07, 6.45) is 8.69. The summed E-state index contributed by atoms with van der Waals surface area (Å²) in [6, 6.07) is 9.25. The van der Waals surface area contributed by atoms with E-state index in [0.717, 1.165) is 19.5 Å². The van der Waals surface area contributed by atoms with Crippen LogP contribution in [0.3, 0.4) is 0 Å². The highest BCUT2D eigenvalue weighted by Crippen LogP contribution is 2.37. The summed E-state index contributed by atoms with van der Waals surface area (Å²) >= 11 is 0. The molecule has 1 atom stereocenters. The highest BCUT2D eigenvalue weighted by Gasteiger charge is 2.27. The number of hydrogen-bond donors (Lipinski definition) is 2. The minimum atomic E-state index is -0.0855. The summed E-state index contributed by atoms with van der Waals surface area (Å²) < 4.78 is 4.75. The molecule has 1 aromatic carbocycles. The van der Waals surface area contributed by atoms with Gasteiger partial charge in [-0.25, -0.2) is 0 Å². The van der Waals surface area contributed by atoms with Gasteiger partial charge in [0.1, 0.15) is 0 Å². The van der Waals surface area contributed by atoms with Crippen LogP contribution in [0.25, 0.3) is 0 Å². The molecule has 2 aliphatic rings. The molecule has 3 N–H and O–H groups in total. The molecule has 0 amide bonds. The predicted molar refractivity (Wildman–Crippen MR) is 105 cm³/mol. The number of esters is 1. The minimum Gasteiger partial charge on any atom is -0.469 e. The maximum Gasteiger partial charge on any atom is 0.305 e. The van der Waals surface area contributed by atoms with Gasteiger partial charge in [0.25, 0.3) is 0 Å². The fraction of sp³-hybridized carbons (Fsp3) is 0.682. The fourth-order valence-electron chi connectivity index (χ4n) is 4.68. The molecule has 0 aromatic heterocycles. The molecule has 3 rings (SSSR count). The van der Waals surface area contributed by atoms with Crippen molar-refractivity contribution in [1.82, 2.24) is 5.32 Å². The lowest BCUT2D eigenvalue weighted by Crippen LogP contribution is -2.27. The topological polar surface area (TPSA) is 64.3 Å². The van der Waals surface area contributed by atoms with Gasteiger partial charge < -0.3 is 15.8 Å². The van der Waals surface area contributed by atoms with Crippen LogP contribution in [0.5, 0.6) is 0 Å². The average Bonchev–Trinajstić information content (AvgIpc) is 2.72. The number of rotatable bonds is 6. The van der Waals surface area contributed by atoms with E-state index in [1.807, 2.05) is 0 Å². The lowest BCUT2D eigenvalue weighted by molar-refractivity contribution is -0.141. The first kappa shape index (κ1) is 19.4. The zero-order valence-corrected chi connectivity index (χ0v) is 16.1. The van der Waals surface area contributed by atoms with Crippen LogP contribution in [-0.4, -0.2) is 26.2 Å². The molecule has 4 nitrogen and oxygen atoms in total. The Labute approximate surface area is 157 Å². The van der Waals surface area contributed by atoms with Crippen molar-refractivity contribution in [3.63, 3.8) is 0 Å². The third-order valence-electron chi connectivity index (χ3n) is 6.52. The van der Waals surface area contributed by atoms with E-state index in [1.165, 1.54) is 56.8 Å². The molecule has 1 saturated carbocycles. The van der Waals surface area contributed by atoms with Crippen molar-refractivity contribution in [2.24, 2.45) is 17.6 Å². The summed E-state index contributed by atoms with van der Waals surface area (Å²) in [5.41, 5.74) is 9.35. The Hall–Kier alpha value is -1.39. The molecule has 1 saturated heterocycles. The van der Waals surface area contributed by atoms with Gasteiger partial charge in [0.15, 0.2) is 0 Å². The second-order valence-corrected chi connectivity index (χ2v) is 8.11. The van der Waals surface area contributed by atoms with Gasteiger partial charge in [0.2, 0.25) is 0 Å². The van der Waals surface area contributed by atoms with Crippen molar-refractivity contribution >= 4 is 5.97 Å². The van der Waals surface area contributed by atoms with E-state index in [1.54, 1.807) is 0 Å². The third kappa shape index (κ3) is 5.08. The van der Waals surface area contributed by atoms with Gasteiger partial charge in [-0.2, -0.15) is 0 Å². The van der Waals surface area contributed by atoms with Crippen molar-refractivity contribution in [1.29, 1.82) is 0 Å². The number of nitrogens with two attached hydrogens (primary N) is 1. The Morgan fingerprint density at radius 2 is 1.77 bits per heavy atom. The van der Waals surface area contributed by atoms with Crippen LogP contribution in [0.2, 0.25) is 0 Å². The molecule has 144 valence electrons. The first-order chi connectivity index (χ1) is 12.7. The molecule has 1 heterocycles. The molecule has 26 heavy (non-hydrogen) atoms. The monoisotopic (exact) mass is 358 g/mol. The van der Waals surface area contributed by atoms with Crippen molar-refractivity contribution in [2.45, 2.75) is 63.3 Å². The van der Waals surface area contributed by atoms with Gasteiger partial charge in [-0.05, 0) is 74.1 Å². The standard InChI is InChI=1S/C22H34N2O2/c1-26-21(25)11-4-16-2-5-19(6-3-16)22(23)20-9-7-17(8-10-20)18-12-14-24-15-13-18/h7-10,16,18-19,22,24H,2-6,11-15,23H2,1H3. The number of ether oxygens (including phenoxy) is 1. The number of carbonyl (C=O) groups excluding carboxylic acids is 1. The summed E-state index contributed by atoms with van der Waals surface area (Å²) in [7, 11) is 1.47. The van der Waals surface area contributed by atoms with E-state index >= 15 is 0 Å². The first-order valence-corrected chi connectivity index (χ1v) is 10.3. The molecule has 0 bridgehead atoms. The summed E-state index contributed by atoms with van der Waals surface area (Å²) in [5, 5.41) is 3.43. The van der Waals surface area contributed by atoms with E-state index < -0.39 is 0 Å². The van der Waals surface area contributed by atoms with Crippen LogP contribution in [0.15, 0.2) is 24.3 Å². The molecule has 1 aromatic rings. The zero-order chi connectivity index (χ0) is 18.4. The molecular formula is C22H34N2O2. The molecule has 1 aliphatic carbocycles. The molecule has 0 spiro atoms. The highest BCUT2D eigenvalue weighted by molar-refractivity contribution is 5.69. The quantitative estimate of drug-likeness (QED) is 0.757. The van der Waals surface area contributed by atoms with Crippen LogP contribution in [0.4, 0.5) is 0 Å². The zero-order valence-electron chi connectivity index (χ0n) is 16.1. The van der Waals surface area contributed by atoms with Crippen LogP contribution in [0, 0.1) is 11.8 Å². The summed E-state index contributed by atoms with van der Waals surface area (Å²) in [5.74, 6) is 1.83.